The summed E-state index contributed by atoms with van der Waals surface area (Å²) in [6.45, 7) is 3.89. The summed E-state index contributed by atoms with van der Waals surface area (Å²) in [6, 6.07) is -0.690. The van der Waals surface area contributed by atoms with Crippen molar-refractivity contribution in [2.45, 2.75) is 26.3 Å². The maximum atomic E-state index is 10.1. The van der Waals surface area contributed by atoms with Crippen LogP contribution in [0, 0.1) is 5.92 Å². The quantitative estimate of drug-likeness (QED) is 0.582. The Morgan fingerprint density at radius 1 is 1.67 bits per heavy atom. The second-order valence-corrected chi connectivity index (χ2v) is 2.57. The topological polar surface area (TPSA) is 63.3 Å². The molecule has 0 aromatic heterocycles. The second kappa shape index (κ2) is 3.45. The molecule has 0 amide bonds. The van der Waals surface area contributed by atoms with Gasteiger partial charge in [-0.25, -0.2) is 0 Å². The van der Waals surface area contributed by atoms with Crippen LogP contribution < -0.4 is 5.73 Å². The zero-order valence-electron chi connectivity index (χ0n) is 5.79. The van der Waals surface area contributed by atoms with Crippen LogP contribution in [0.3, 0.4) is 0 Å². The van der Waals surface area contributed by atoms with Crippen molar-refractivity contribution < 1.29 is 9.90 Å². The van der Waals surface area contributed by atoms with E-state index in [4.69, 9.17) is 10.8 Å². The Hall–Kier alpha value is -0.570. The minimum absolute atomic E-state index is 0.357. The van der Waals surface area contributed by atoms with Gasteiger partial charge in [-0.3, -0.25) is 4.79 Å². The maximum Gasteiger partial charge on any atom is 0.320 e. The predicted molar refractivity (Wildman–Crippen MR) is 35.1 cm³/mol. The number of aliphatic carboxylic acids is 1. The van der Waals surface area contributed by atoms with Crippen LogP contribution in [0.2, 0.25) is 0 Å². The molecule has 0 spiro atoms. The van der Waals surface area contributed by atoms with Gasteiger partial charge in [0.15, 0.2) is 0 Å². The molecule has 0 rings (SSSR count). The van der Waals surface area contributed by atoms with E-state index in [1.807, 2.05) is 13.8 Å². The van der Waals surface area contributed by atoms with Crippen LogP contribution in [-0.4, -0.2) is 17.1 Å². The highest BCUT2D eigenvalue weighted by Crippen LogP contribution is 2.01. The highest BCUT2D eigenvalue weighted by atomic mass is 16.3. The largest absolute Gasteiger partial charge is 0.480 e. The fourth-order valence-electron chi connectivity index (χ4n) is 0.609. The van der Waals surface area contributed by atoms with E-state index in [9.17, 15) is 4.79 Å². The zero-order chi connectivity index (χ0) is 7.44. The van der Waals surface area contributed by atoms with Gasteiger partial charge in [-0.1, -0.05) is 13.8 Å². The van der Waals surface area contributed by atoms with Crippen molar-refractivity contribution in [3.8, 4) is 0 Å². The van der Waals surface area contributed by atoms with E-state index in [0.29, 0.717) is 12.3 Å². The highest BCUT2D eigenvalue weighted by Gasteiger charge is 2.11. The van der Waals surface area contributed by atoms with Gasteiger partial charge in [-0.05, 0) is 12.3 Å². The molecule has 0 aliphatic carbocycles. The third kappa shape index (κ3) is 3.97. The number of rotatable bonds is 3. The Kier molecular flexibility index (Phi) is 3.24. The summed E-state index contributed by atoms with van der Waals surface area (Å²) in [7, 11) is 0. The van der Waals surface area contributed by atoms with E-state index >= 15 is 0 Å². The number of hydrogen-bond donors (Lipinski definition) is 2. The van der Waals surface area contributed by atoms with Gasteiger partial charge >= 0.3 is 5.97 Å². The molecule has 3 N–H and O–H groups in total. The number of carboxylic acid groups (broad SMARTS) is 1. The Morgan fingerprint density at radius 2 is 2.11 bits per heavy atom. The van der Waals surface area contributed by atoms with Gasteiger partial charge in [0.2, 0.25) is 0 Å². The molecule has 0 aromatic rings. The predicted octanol–water partition coefficient (Wildman–Crippen LogP) is 0.444. The number of hydrogen-bond acceptors (Lipinski definition) is 2. The lowest BCUT2D eigenvalue weighted by atomic mass is 9.88. The van der Waals surface area contributed by atoms with Gasteiger partial charge in [0.1, 0.15) is 6.04 Å². The van der Waals surface area contributed by atoms with Crippen LogP contribution in [0.25, 0.3) is 0 Å². The van der Waals surface area contributed by atoms with Crippen LogP contribution in [-0.2, 0) is 4.79 Å². The van der Waals surface area contributed by atoms with Crippen molar-refractivity contribution in [2.75, 3.05) is 0 Å². The Bertz CT molecular complexity index is 101. The van der Waals surface area contributed by atoms with E-state index in [0.717, 1.165) is 0 Å². The third-order valence-electron chi connectivity index (χ3n) is 1.04. The summed E-state index contributed by atoms with van der Waals surface area (Å²) in [5, 5.41) is 8.31. The summed E-state index contributed by atoms with van der Waals surface area (Å²) in [5.74, 6) is -0.556. The average Bonchev–Trinajstić information content (AvgIpc) is 1.63. The molecule has 0 saturated carbocycles. The molecule has 0 aliphatic heterocycles. The van der Waals surface area contributed by atoms with Gasteiger partial charge in [0.25, 0.3) is 0 Å². The first kappa shape index (κ1) is 8.43. The molecule has 9 heavy (non-hydrogen) atoms. The molecule has 54 valence electrons. The van der Waals surface area contributed by atoms with Crippen molar-refractivity contribution >= 4 is 5.97 Å². The number of nitrogens with two attached hydrogens (primary N) is 1. The maximum absolute atomic E-state index is 10.1. The van der Waals surface area contributed by atoms with Crippen LogP contribution in [0.4, 0.5) is 0 Å². The minimum atomic E-state index is -0.913. The van der Waals surface area contributed by atoms with Crippen LogP contribution in [0.15, 0.2) is 0 Å². The Labute approximate surface area is 54.9 Å². The van der Waals surface area contributed by atoms with E-state index in [2.05, 4.69) is 0 Å². The van der Waals surface area contributed by atoms with Gasteiger partial charge < -0.3 is 10.8 Å². The molecule has 3 nitrogen and oxygen atoms in total. The molecule has 0 unspecified atom stereocenters. The molecule has 1 atom stereocenters. The first-order valence-corrected chi connectivity index (χ1v) is 3.02. The third-order valence-corrected chi connectivity index (χ3v) is 1.04. The fraction of sp³-hybridized carbons (Fsp3) is 0.833. The molecule has 0 heterocycles. The summed E-state index contributed by atoms with van der Waals surface area (Å²) in [6.07, 6.45) is 0.551. The first-order chi connectivity index (χ1) is 4.04. The molecular formula is C6H13NO2. The number of carbonyl (C=O) groups is 1. The van der Waals surface area contributed by atoms with Gasteiger partial charge in [-0.15, -0.1) is 0 Å². The lowest BCUT2D eigenvalue weighted by Gasteiger charge is -2.07. The molecule has 0 aliphatic rings. The lowest BCUT2D eigenvalue weighted by molar-refractivity contribution is -0.138. The second-order valence-electron chi connectivity index (χ2n) is 2.57. The van der Waals surface area contributed by atoms with Crippen molar-refractivity contribution in [3.05, 3.63) is 0 Å². The van der Waals surface area contributed by atoms with Crippen molar-refractivity contribution in [2.24, 2.45) is 11.7 Å². The minimum Gasteiger partial charge on any atom is -0.480 e. The van der Waals surface area contributed by atoms with Crippen molar-refractivity contribution in [1.82, 2.24) is 0 Å². The molecule has 0 fully saturated rings. The summed E-state index contributed by atoms with van der Waals surface area (Å²) < 4.78 is 0. The average molecular weight is 130 g/mol. The highest BCUT2D eigenvalue weighted by molar-refractivity contribution is 5.72. The molecular weight excluding hydrogens is 117 g/mol. The van der Waals surface area contributed by atoms with Crippen LogP contribution >= 0.6 is 0 Å². The molecule has 0 radical (unpaired) electrons. The normalized spacial score (nSPS) is 13.8. The van der Waals surface area contributed by atoms with Gasteiger partial charge in [0, 0.05) is 0 Å². The van der Waals surface area contributed by atoms with E-state index in [-0.39, 0.29) is 0 Å². The first-order valence-electron chi connectivity index (χ1n) is 3.02. The van der Waals surface area contributed by atoms with Crippen LogP contribution in [0.5, 0.6) is 0 Å². The van der Waals surface area contributed by atoms with Crippen molar-refractivity contribution in [3.63, 3.8) is 0 Å². The van der Waals surface area contributed by atoms with Gasteiger partial charge in [0.05, 0.1) is 0 Å². The monoisotopic (exact) mass is 130 g/mol. The van der Waals surface area contributed by atoms with E-state index < -0.39 is 12.0 Å². The zero-order valence-corrected chi connectivity index (χ0v) is 5.79. The van der Waals surface area contributed by atoms with Gasteiger partial charge in [-0.2, -0.15) is 0 Å². The molecule has 0 bridgehead atoms. The Morgan fingerprint density at radius 3 is 2.22 bits per heavy atom. The van der Waals surface area contributed by atoms with Crippen molar-refractivity contribution in [1.29, 1.82) is 0 Å². The lowest BCUT2D eigenvalue weighted by Crippen LogP contribution is -2.31. The molecule has 3 heteroatoms. The smallest absolute Gasteiger partial charge is 0.320 e. The van der Waals surface area contributed by atoms with Crippen LogP contribution in [0.1, 0.15) is 20.3 Å². The Balaban J connectivity index is 3.50. The standard InChI is InChI=1S/C6H13NO2/c1-4(2)3-5(7)6(8)9/h4-5H,3,7H2,1-2H3,(H,8,9)/t5-/m0/s1/i6-1. The molecule has 0 aromatic carbocycles. The molecule has 0 saturated heterocycles. The summed E-state index contributed by atoms with van der Waals surface area (Å²) in [5.41, 5.74) is 5.22. The summed E-state index contributed by atoms with van der Waals surface area (Å²) >= 11 is 0. The van der Waals surface area contributed by atoms with E-state index in [1.165, 1.54) is 0 Å². The number of carboxylic acids is 1. The van der Waals surface area contributed by atoms with E-state index in [1.54, 1.807) is 0 Å². The summed E-state index contributed by atoms with van der Waals surface area (Å²) in [4.78, 5) is 10.1. The fourth-order valence-corrected chi connectivity index (χ4v) is 0.609. The SMILES string of the molecule is CC(C)C[C@H](N)[11C](=O)O.